The summed E-state index contributed by atoms with van der Waals surface area (Å²) in [5, 5.41) is 0.521. The Bertz CT molecular complexity index is 734. The third-order valence-corrected chi connectivity index (χ3v) is 6.34. The lowest BCUT2D eigenvalue weighted by Crippen LogP contribution is -2.44. The molecule has 1 aromatic rings. The molecule has 0 saturated carbocycles. The summed E-state index contributed by atoms with van der Waals surface area (Å²) in [5.41, 5.74) is 0.497. The summed E-state index contributed by atoms with van der Waals surface area (Å²) in [6, 6.07) is 5.16. The van der Waals surface area contributed by atoms with Gasteiger partial charge in [-0.2, -0.15) is 0 Å². The first kappa shape index (κ1) is 22.9. The van der Waals surface area contributed by atoms with Crippen molar-refractivity contribution in [3.05, 3.63) is 28.8 Å². The number of nitrogens with zero attached hydrogens (tertiary/aromatic N) is 3. The first-order chi connectivity index (χ1) is 14.4. The number of halogens is 1. The van der Waals surface area contributed by atoms with Gasteiger partial charge in [-0.3, -0.25) is 14.5 Å². The topological polar surface area (TPSA) is 53.1 Å². The van der Waals surface area contributed by atoms with E-state index in [1.807, 2.05) is 4.90 Å². The van der Waals surface area contributed by atoms with Gasteiger partial charge < -0.3 is 14.5 Å². The smallest absolute Gasteiger partial charge is 0.257 e. The molecule has 1 aromatic carbocycles. The van der Waals surface area contributed by atoms with Crippen LogP contribution in [0.3, 0.4) is 0 Å². The van der Waals surface area contributed by atoms with Crippen LogP contribution in [0.1, 0.15) is 49.4 Å². The zero-order chi connectivity index (χ0) is 21.5. The number of carbonyl (C=O) groups is 2. The fourth-order valence-corrected chi connectivity index (χ4v) is 4.24. The van der Waals surface area contributed by atoms with Crippen LogP contribution in [0.15, 0.2) is 18.2 Å². The molecule has 0 spiro atoms. The Morgan fingerprint density at radius 2 is 1.80 bits per heavy atom. The van der Waals surface area contributed by atoms with Crippen molar-refractivity contribution in [1.82, 2.24) is 14.7 Å². The average Bonchev–Trinajstić information content (AvgIpc) is 2.74. The molecule has 166 valence electrons. The molecule has 0 atom stereocenters. The van der Waals surface area contributed by atoms with Crippen molar-refractivity contribution in [1.29, 1.82) is 0 Å². The van der Waals surface area contributed by atoms with Gasteiger partial charge in [0.15, 0.2) is 0 Å². The highest BCUT2D eigenvalue weighted by molar-refractivity contribution is 6.31. The lowest BCUT2D eigenvalue weighted by molar-refractivity contribution is -0.133. The third kappa shape index (κ3) is 6.35. The Kier molecular flexibility index (Phi) is 8.40. The summed E-state index contributed by atoms with van der Waals surface area (Å²) in [6.45, 7) is 7.30. The number of ether oxygens (including phenoxy) is 1. The van der Waals surface area contributed by atoms with Crippen LogP contribution in [-0.4, -0.2) is 79.4 Å². The van der Waals surface area contributed by atoms with E-state index in [0.717, 1.165) is 44.8 Å². The van der Waals surface area contributed by atoms with E-state index in [4.69, 9.17) is 16.3 Å². The molecular weight excluding hydrogens is 402 g/mol. The summed E-state index contributed by atoms with van der Waals surface area (Å²) >= 11 is 6.11. The quantitative estimate of drug-likeness (QED) is 0.713. The number of carbonyl (C=O) groups excluding carboxylic acids is 2. The molecule has 1 saturated heterocycles. The zero-order valence-electron chi connectivity index (χ0n) is 18.2. The molecular formula is C23H34ClN3O3. The second kappa shape index (κ2) is 11.0. The van der Waals surface area contributed by atoms with Crippen molar-refractivity contribution >= 4 is 23.4 Å². The third-order valence-electron chi connectivity index (χ3n) is 6.11. The number of piperidine rings is 1. The van der Waals surface area contributed by atoms with Gasteiger partial charge in [-0.1, -0.05) is 18.5 Å². The second-order valence-corrected chi connectivity index (χ2v) is 9.05. The summed E-state index contributed by atoms with van der Waals surface area (Å²) in [7, 11) is 1.80. The van der Waals surface area contributed by atoms with E-state index in [9.17, 15) is 9.59 Å². The van der Waals surface area contributed by atoms with Crippen molar-refractivity contribution in [3.63, 3.8) is 0 Å². The minimum Gasteiger partial charge on any atom is -0.493 e. The monoisotopic (exact) mass is 435 g/mol. The first-order valence-corrected chi connectivity index (χ1v) is 11.5. The van der Waals surface area contributed by atoms with Crippen LogP contribution in [0.4, 0.5) is 0 Å². The number of hydrogen-bond donors (Lipinski definition) is 0. The molecule has 0 N–H and O–H groups in total. The lowest BCUT2D eigenvalue weighted by atomic mass is 9.99. The van der Waals surface area contributed by atoms with Gasteiger partial charge in [0.25, 0.3) is 5.91 Å². The molecule has 7 heteroatoms. The molecule has 0 unspecified atom stereocenters. The fraction of sp³-hybridized carbons (Fsp3) is 0.652. The van der Waals surface area contributed by atoms with Gasteiger partial charge in [-0.15, -0.1) is 0 Å². The van der Waals surface area contributed by atoms with E-state index < -0.39 is 0 Å². The van der Waals surface area contributed by atoms with Crippen LogP contribution in [0, 0.1) is 5.92 Å². The highest BCUT2D eigenvalue weighted by Crippen LogP contribution is 2.25. The minimum absolute atomic E-state index is 0.0843. The van der Waals surface area contributed by atoms with Gasteiger partial charge in [-0.05, 0) is 69.3 Å². The Labute approximate surface area is 185 Å². The van der Waals surface area contributed by atoms with Crippen LogP contribution in [0.2, 0.25) is 5.02 Å². The molecule has 2 amide bonds. The summed E-state index contributed by atoms with van der Waals surface area (Å²) in [6.07, 6.45) is 4.80. The van der Waals surface area contributed by atoms with E-state index in [1.54, 1.807) is 30.1 Å². The Hall–Kier alpha value is -1.79. The SMILES string of the molecule is CC1CCN(CC(=O)N2CCCCN(C)C(=O)c3cc(Cl)ccc3OCCC2)CC1. The highest BCUT2D eigenvalue weighted by Gasteiger charge is 2.22. The molecule has 2 aliphatic heterocycles. The molecule has 2 aliphatic rings. The van der Waals surface area contributed by atoms with Crippen molar-refractivity contribution in [3.8, 4) is 5.75 Å². The van der Waals surface area contributed by atoms with Crippen LogP contribution in [-0.2, 0) is 4.79 Å². The highest BCUT2D eigenvalue weighted by atomic mass is 35.5. The fourth-order valence-electron chi connectivity index (χ4n) is 4.06. The van der Waals surface area contributed by atoms with Crippen LogP contribution in [0.5, 0.6) is 5.75 Å². The minimum atomic E-state index is -0.0843. The first-order valence-electron chi connectivity index (χ1n) is 11.1. The number of fused-ring (bicyclic) bond motifs is 1. The van der Waals surface area contributed by atoms with E-state index in [1.165, 1.54) is 12.8 Å². The summed E-state index contributed by atoms with van der Waals surface area (Å²) < 4.78 is 5.91. The standard InChI is InChI=1S/C23H34ClN3O3/c1-18-8-13-26(14-9-18)17-22(28)27-11-4-3-10-25(2)23(29)20-16-19(24)6-7-21(20)30-15-5-12-27/h6-7,16,18H,3-5,8-15,17H2,1-2H3. The Morgan fingerprint density at radius 1 is 1.10 bits per heavy atom. The van der Waals surface area contributed by atoms with Crippen molar-refractivity contribution in [2.24, 2.45) is 5.92 Å². The molecule has 1 fully saturated rings. The number of amides is 2. The lowest BCUT2D eigenvalue weighted by Gasteiger charge is -2.32. The largest absolute Gasteiger partial charge is 0.493 e. The number of hydrogen-bond acceptors (Lipinski definition) is 4. The van der Waals surface area contributed by atoms with Gasteiger partial charge in [0, 0.05) is 31.7 Å². The van der Waals surface area contributed by atoms with E-state index >= 15 is 0 Å². The number of likely N-dealkylation sites (tertiary alicyclic amines) is 1. The molecule has 0 radical (unpaired) electrons. The van der Waals surface area contributed by atoms with Gasteiger partial charge in [-0.25, -0.2) is 0 Å². The molecule has 2 heterocycles. The van der Waals surface area contributed by atoms with E-state index in [-0.39, 0.29) is 11.8 Å². The molecule has 30 heavy (non-hydrogen) atoms. The summed E-state index contributed by atoms with van der Waals surface area (Å²) in [4.78, 5) is 31.7. The number of rotatable bonds is 2. The predicted octanol–water partition coefficient (Wildman–Crippen LogP) is 3.54. The molecule has 0 aromatic heterocycles. The average molecular weight is 436 g/mol. The Balaban J connectivity index is 1.63. The normalized spacial score (nSPS) is 20.6. The van der Waals surface area contributed by atoms with Crippen molar-refractivity contribution in [2.45, 2.75) is 39.0 Å². The van der Waals surface area contributed by atoms with Crippen LogP contribution >= 0.6 is 11.6 Å². The van der Waals surface area contributed by atoms with E-state index in [2.05, 4.69) is 11.8 Å². The molecule has 6 nitrogen and oxygen atoms in total. The summed E-state index contributed by atoms with van der Waals surface area (Å²) in [5.74, 6) is 1.43. The molecule has 0 aliphatic carbocycles. The second-order valence-electron chi connectivity index (χ2n) is 8.62. The zero-order valence-corrected chi connectivity index (χ0v) is 19.0. The van der Waals surface area contributed by atoms with Gasteiger partial charge in [0.05, 0.1) is 18.7 Å². The molecule has 3 rings (SSSR count). The van der Waals surface area contributed by atoms with Gasteiger partial charge >= 0.3 is 0 Å². The Morgan fingerprint density at radius 3 is 2.57 bits per heavy atom. The number of benzene rings is 1. The maximum atomic E-state index is 12.9. The van der Waals surface area contributed by atoms with Gasteiger partial charge in [0.2, 0.25) is 5.91 Å². The maximum absolute atomic E-state index is 12.9. The van der Waals surface area contributed by atoms with Gasteiger partial charge in [0.1, 0.15) is 5.75 Å². The van der Waals surface area contributed by atoms with E-state index in [0.29, 0.717) is 42.6 Å². The van der Waals surface area contributed by atoms with Crippen molar-refractivity contribution in [2.75, 3.05) is 52.9 Å². The van der Waals surface area contributed by atoms with Crippen LogP contribution in [0.25, 0.3) is 0 Å². The molecule has 0 bridgehead atoms. The van der Waals surface area contributed by atoms with Crippen molar-refractivity contribution < 1.29 is 14.3 Å². The predicted molar refractivity (Wildman–Crippen MR) is 119 cm³/mol. The van der Waals surface area contributed by atoms with Crippen LogP contribution < -0.4 is 4.74 Å². The maximum Gasteiger partial charge on any atom is 0.257 e.